The Balaban J connectivity index is 2.11. The Labute approximate surface area is 207 Å². The standard InChI is InChI=1S/C21H23Br2N5O5/c1-2-33-18(30)9-16(14-7-12(22)8-15(23)19(14)31)28-17(29)10-26-20(32)11-4-3-5-13(6-11)27-21(24)25/h3-8,16,31H,2,9-10H2,1H3,(H,26,32)(H,28,29)(H4,24,25,27). The van der Waals surface area contributed by atoms with Crippen LogP contribution in [-0.2, 0) is 14.3 Å². The van der Waals surface area contributed by atoms with Crippen LogP contribution in [0.1, 0.15) is 35.3 Å². The summed E-state index contributed by atoms with van der Waals surface area (Å²) < 4.78 is 5.98. The number of phenolic OH excluding ortho intramolecular Hbond substituents is 1. The Morgan fingerprint density at radius 3 is 2.61 bits per heavy atom. The summed E-state index contributed by atoms with van der Waals surface area (Å²) in [5.74, 6) is -2.07. The molecule has 0 bridgehead atoms. The first kappa shape index (κ1) is 26.1. The van der Waals surface area contributed by atoms with Gasteiger partial charge in [0.05, 0.1) is 30.1 Å². The summed E-state index contributed by atoms with van der Waals surface area (Å²) in [6, 6.07) is 8.56. The number of hydrogen-bond acceptors (Lipinski definition) is 6. The average molecular weight is 585 g/mol. The second-order valence-electron chi connectivity index (χ2n) is 6.76. The van der Waals surface area contributed by atoms with E-state index in [4.69, 9.17) is 15.9 Å². The van der Waals surface area contributed by atoms with Crippen LogP contribution in [0.2, 0.25) is 0 Å². The molecule has 0 fully saturated rings. The Morgan fingerprint density at radius 2 is 1.94 bits per heavy atom. The zero-order valence-electron chi connectivity index (χ0n) is 17.6. The molecule has 2 rings (SSSR count). The molecule has 0 heterocycles. The van der Waals surface area contributed by atoms with E-state index in [1.54, 1.807) is 37.3 Å². The summed E-state index contributed by atoms with van der Waals surface area (Å²) in [5.41, 5.74) is 6.29. The van der Waals surface area contributed by atoms with Crippen LogP contribution in [0, 0.1) is 5.41 Å². The van der Waals surface area contributed by atoms with E-state index in [0.29, 0.717) is 20.2 Å². The zero-order valence-corrected chi connectivity index (χ0v) is 20.7. The van der Waals surface area contributed by atoms with Gasteiger partial charge in [-0.3, -0.25) is 19.8 Å². The lowest BCUT2D eigenvalue weighted by molar-refractivity contribution is -0.143. The van der Waals surface area contributed by atoms with Crippen molar-refractivity contribution in [3.8, 4) is 5.75 Å². The third-order valence-electron chi connectivity index (χ3n) is 4.26. The summed E-state index contributed by atoms with van der Waals surface area (Å²) >= 11 is 6.55. The number of aromatic hydroxyl groups is 1. The summed E-state index contributed by atoms with van der Waals surface area (Å²) in [7, 11) is 0. The first-order valence-corrected chi connectivity index (χ1v) is 11.3. The predicted molar refractivity (Wildman–Crippen MR) is 130 cm³/mol. The van der Waals surface area contributed by atoms with E-state index < -0.39 is 23.8 Å². The Kier molecular flexibility index (Phi) is 9.67. The smallest absolute Gasteiger partial charge is 0.308 e. The number of hydrogen-bond donors (Lipinski definition) is 6. The van der Waals surface area contributed by atoms with Gasteiger partial charge in [0, 0.05) is 21.3 Å². The lowest BCUT2D eigenvalue weighted by atomic mass is 10.0. The minimum atomic E-state index is -0.898. The molecular weight excluding hydrogens is 562 g/mol. The number of ether oxygens (including phenoxy) is 1. The summed E-state index contributed by atoms with van der Waals surface area (Å²) in [6.45, 7) is 1.45. The molecule has 2 amide bonds. The number of nitrogens with one attached hydrogen (secondary N) is 4. The van der Waals surface area contributed by atoms with Crippen molar-refractivity contribution in [2.24, 2.45) is 5.73 Å². The summed E-state index contributed by atoms with van der Waals surface area (Å²) in [5, 5.41) is 25.4. The molecule has 0 saturated carbocycles. The number of carbonyl (C=O) groups excluding carboxylic acids is 3. The molecule has 10 nitrogen and oxygen atoms in total. The van der Waals surface area contributed by atoms with Crippen molar-refractivity contribution < 1.29 is 24.2 Å². The summed E-state index contributed by atoms with van der Waals surface area (Å²) in [4.78, 5) is 37.0. The van der Waals surface area contributed by atoms with E-state index in [0.717, 1.165) is 0 Å². The van der Waals surface area contributed by atoms with Crippen LogP contribution in [0.25, 0.3) is 0 Å². The first-order chi connectivity index (χ1) is 15.6. The molecule has 0 aliphatic rings. The number of guanidine groups is 1. The van der Waals surface area contributed by atoms with E-state index in [-0.39, 0.29) is 36.8 Å². The van der Waals surface area contributed by atoms with Gasteiger partial charge in [0.2, 0.25) is 5.91 Å². The number of halogens is 2. The molecule has 0 aliphatic carbocycles. The number of esters is 1. The third kappa shape index (κ3) is 8.06. The van der Waals surface area contributed by atoms with Gasteiger partial charge in [-0.05, 0) is 53.2 Å². The maximum atomic E-state index is 12.6. The number of nitrogens with two attached hydrogens (primary N) is 1. The molecule has 0 radical (unpaired) electrons. The van der Waals surface area contributed by atoms with Crippen LogP contribution in [0.3, 0.4) is 0 Å². The lowest BCUT2D eigenvalue weighted by Crippen LogP contribution is -2.39. The largest absolute Gasteiger partial charge is 0.506 e. The molecule has 12 heteroatoms. The van der Waals surface area contributed by atoms with Crippen molar-refractivity contribution in [3.63, 3.8) is 0 Å². The van der Waals surface area contributed by atoms with Gasteiger partial charge in [0.15, 0.2) is 5.96 Å². The van der Waals surface area contributed by atoms with E-state index >= 15 is 0 Å². The van der Waals surface area contributed by atoms with Crippen molar-refractivity contribution in [2.75, 3.05) is 18.5 Å². The molecule has 0 saturated heterocycles. The number of carbonyl (C=O) groups is 3. The van der Waals surface area contributed by atoms with E-state index in [1.165, 1.54) is 6.07 Å². The minimum Gasteiger partial charge on any atom is -0.506 e. The second-order valence-corrected chi connectivity index (χ2v) is 8.53. The number of amides is 2. The highest BCUT2D eigenvalue weighted by Gasteiger charge is 2.24. The second kappa shape index (κ2) is 12.2. The van der Waals surface area contributed by atoms with Crippen LogP contribution in [0.4, 0.5) is 5.69 Å². The molecule has 2 aromatic rings. The maximum absolute atomic E-state index is 12.6. The fourth-order valence-corrected chi connectivity index (χ4v) is 4.14. The summed E-state index contributed by atoms with van der Waals surface area (Å²) in [6.07, 6.45) is -0.220. The zero-order chi connectivity index (χ0) is 24.5. The van der Waals surface area contributed by atoms with Crippen LogP contribution < -0.4 is 21.7 Å². The van der Waals surface area contributed by atoms with Crippen LogP contribution in [0.15, 0.2) is 45.3 Å². The van der Waals surface area contributed by atoms with Crippen LogP contribution >= 0.6 is 31.9 Å². The first-order valence-electron chi connectivity index (χ1n) is 9.72. The van der Waals surface area contributed by atoms with Crippen molar-refractivity contribution in [1.82, 2.24) is 10.6 Å². The number of benzene rings is 2. The van der Waals surface area contributed by atoms with Gasteiger partial charge < -0.3 is 31.5 Å². The molecule has 0 spiro atoms. The highest BCUT2D eigenvalue weighted by atomic mass is 79.9. The quantitative estimate of drug-likeness (QED) is 0.150. The van der Waals surface area contributed by atoms with Gasteiger partial charge in [0.25, 0.3) is 5.91 Å². The molecule has 7 N–H and O–H groups in total. The van der Waals surface area contributed by atoms with E-state index in [9.17, 15) is 19.5 Å². The monoisotopic (exact) mass is 583 g/mol. The normalized spacial score (nSPS) is 11.2. The maximum Gasteiger partial charge on any atom is 0.308 e. The van der Waals surface area contributed by atoms with Gasteiger partial charge >= 0.3 is 5.97 Å². The SMILES string of the molecule is CCOC(=O)CC(NC(=O)CNC(=O)c1cccc(NC(=N)N)c1)c1cc(Br)cc(Br)c1O. The van der Waals surface area contributed by atoms with Crippen LogP contribution in [0.5, 0.6) is 5.75 Å². The third-order valence-corrected chi connectivity index (χ3v) is 5.32. The van der Waals surface area contributed by atoms with Crippen LogP contribution in [-0.4, -0.2) is 42.0 Å². The lowest BCUT2D eigenvalue weighted by Gasteiger charge is -2.20. The fourth-order valence-electron chi connectivity index (χ4n) is 2.88. The average Bonchev–Trinajstić information content (AvgIpc) is 2.74. The fraction of sp³-hybridized carbons (Fsp3) is 0.238. The molecular formula is C21H23Br2N5O5. The predicted octanol–water partition coefficient (Wildman–Crippen LogP) is 2.76. The van der Waals surface area contributed by atoms with Crippen molar-refractivity contribution in [3.05, 3.63) is 56.5 Å². The number of phenols is 1. The highest BCUT2D eigenvalue weighted by Crippen LogP contribution is 2.36. The molecule has 1 unspecified atom stereocenters. The van der Waals surface area contributed by atoms with Gasteiger partial charge in [0.1, 0.15) is 5.75 Å². The molecule has 1 atom stereocenters. The Morgan fingerprint density at radius 1 is 1.21 bits per heavy atom. The molecule has 0 aliphatic heterocycles. The minimum absolute atomic E-state index is 0.133. The Bertz CT molecular complexity index is 1060. The van der Waals surface area contributed by atoms with Crippen molar-refractivity contribution in [2.45, 2.75) is 19.4 Å². The van der Waals surface area contributed by atoms with E-state index in [2.05, 4.69) is 47.8 Å². The molecule has 0 aromatic heterocycles. The molecule has 33 heavy (non-hydrogen) atoms. The topological polar surface area (TPSA) is 167 Å². The molecule has 2 aromatic carbocycles. The number of rotatable bonds is 9. The number of anilines is 1. The Hall–Kier alpha value is -3.12. The van der Waals surface area contributed by atoms with Gasteiger partial charge in [-0.25, -0.2) is 0 Å². The van der Waals surface area contributed by atoms with Gasteiger partial charge in [-0.2, -0.15) is 0 Å². The van der Waals surface area contributed by atoms with Gasteiger partial charge in [-0.15, -0.1) is 0 Å². The van der Waals surface area contributed by atoms with Gasteiger partial charge in [-0.1, -0.05) is 22.0 Å². The molecule has 176 valence electrons. The highest BCUT2D eigenvalue weighted by molar-refractivity contribution is 9.11. The van der Waals surface area contributed by atoms with E-state index in [1.807, 2.05) is 0 Å². The van der Waals surface area contributed by atoms with Crippen molar-refractivity contribution in [1.29, 1.82) is 5.41 Å². The van der Waals surface area contributed by atoms with Crippen molar-refractivity contribution >= 4 is 61.3 Å².